The Morgan fingerprint density at radius 1 is 0.247 bits per heavy atom. The van der Waals surface area contributed by atoms with Gasteiger partial charge in [0.1, 0.15) is 13.2 Å². The number of carbonyl (C=O) groups excluding carboxylic acids is 3. The average Bonchev–Trinajstić information content (AvgIpc) is 3.47. The molecule has 0 N–H and O–H groups in total. The number of hydrogen-bond acceptors (Lipinski definition) is 6. The van der Waals surface area contributed by atoms with Gasteiger partial charge in [-0.3, -0.25) is 14.4 Å². The fourth-order valence-corrected chi connectivity index (χ4v) is 10.6. The number of allylic oxidation sites excluding steroid dienone is 10. The van der Waals surface area contributed by atoms with E-state index in [0.29, 0.717) is 19.3 Å². The Balaban J connectivity index is 4.35. The lowest BCUT2D eigenvalue weighted by atomic mass is 10.0. The predicted octanol–water partition coefficient (Wildman–Crippen LogP) is 24.7. The van der Waals surface area contributed by atoms with E-state index >= 15 is 0 Å². The second-order valence-corrected chi connectivity index (χ2v) is 24.1. The van der Waals surface area contributed by atoms with Crippen LogP contribution in [0.25, 0.3) is 0 Å². The number of rotatable bonds is 66. The zero-order chi connectivity index (χ0) is 58.5. The highest BCUT2D eigenvalue weighted by molar-refractivity contribution is 5.71. The topological polar surface area (TPSA) is 78.9 Å². The Labute approximate surface area is 504 Å². The van der Waals surface area contributed by atoms with E-state index in [2.05, 4.69) is 81.5 Å². The van der Waals surface area contributed by atoms with E-state index in [1.165, 1.54) is 257 Å². The van der Waals surface area contributed by atoms with Crippen LogP contribution in [0.4, 0.5) is 0 Å². The molecule has 0 aromatic heterocycles. The van der Waals surface area contributed by atoms with Crippen LogP contribution in [0.5, 0.6) is 0 Å². The summed E-state index contributed by atoms with van der Waals surface area (Å²) in [5.74, 6) is -0.857. The van der Waals surface area contributed by atoms with Crippen LogP contribution >= 0.6 is 0 Å². The molecular formula is C75H136O6. The molecule has 0 bridgehead atoms. The van der Waals surface area contributed by atoms with Gasteiger partial charge < -0.3 is 14.2 Å². The summed E-state index contributed by atoms with van der Waals surface area (Å²) in [7, 11) is 0. The average molecular weight is 1130 g/mol. The van der Waals surface area contributed by atoms with Gasteiger partial charge in [0, 0.05) is 19.3 Å². The molecule has 0 amide bonds. The Bertz CT molecular complexity index is 1440. The normalized spacial score (nSPS) is 12.4. The molecule has 0 saturated heterocycles. The minimum atomic E-state index is -0.779. The van der Waals surface area contributed by atoms with E-state index in [4.69, 9.17) is 14.2 Å². The maximum absolute atomic E-state index is 13.0. The van der Waals surface area contributed by atoms with E-state index in [0.717, 1.165) is 83.5 Å². The van der Waals surface area contributed by atoms with Crippen LogP contribution in [0.2, 0.25) is 0 Å². The second-order valence-electron chi connectivity index (χ2n) is 24.1. The lowest BCUT2D eigenvalue weighted by Crippen LogP contribution is -2.30. The van der Waals surface area contributed by atoms with Crippen molar-refractivity contribution >= 4 is 17.9 Å². The van der Waals surface area contributed by atoms with Crippen molar-refractivity contribution in [1.82, 2.24) is 0 Å². The molecule has 1 unspecified atom stereocenters. The lowest BCUT2D eigenvalue weighted by molar-refractivity contribution is -0.167. The molecule has 1 atom stereocenters. The zero-order valence-electron chi connectivity index (χ0n) is 54.3. The highest BCUT2D eigenvalue weighted by Gasteiger charge is 2.19. The molecular weight excluding hydrogens is 997 g/mol. The van der Waals surface area contributed by atoms with Crippen molar-refractivity contribution in [2.24, 2.45) is 0 Å². The van der Waals surface area contributed by atoms with Crippen LogP contribution in [0, 0.1) is 0 Å². The third kappa shape index (κ3) is 67.8. The number of ether oxygens (including phenoxy) is 3. The molecule has 0 spiro atoms. The molecule has 0 rings (SSSR count). The smallest absolute Gasteiger partial charge is 0.306 e. The first-order valence-corrected chi connectivity index (χ1v) is 35.8. The van der Waals surface area contributed by atoms with Crippen molar-refractivity contribution in [3.05, 3.63) is 60.8 Å². The van der Waals surface area contributed by atoms with E-state index in [1.807, 2.05) is 0 Å². The standard InChI is InChI=1S/C75H136O6/c1-4-7-10-13-16-19-22-25-28-31-33-35-37-39-41-44-47-50-53-56-59-62-65-68-74(77)80-71-72(70-79-73(76)67-64-61-58-55-52-49-46-43-30-27-24-21-18-15-12-9-6-3)81-75(78)69-66-63-60-57-54-51-48-45-42-40-38-36-34-32-29-26-23-20-17-14-11-8-5-2/h22-23,25-26,31-34,37,39,72H,4-21,24,27-30,35-36,38,40-71H2,1-3H3/b25-22-,26-23-,33-31-,34-32-,39-37-. The summed E-state index contributed by atoms with van der Waals surface area (Å²) in [6, 6.07) is 0. The Kier molecular flexibility index (Phi) is 67.1. The van der Waals surface area contributed by atoms with Crippen LogP contribution in [-0.4, -0.2) is 37.2 Å². The van der Waals surface area contributed by atoms with Crippen molar-refractivity contribution in [1.29, 1.82) is 0 Å². The van der Waals surface area contributed by atoms with Gasteiger partial charge in [-0.2, -0.15) is 0 Å². The van der Waals surface area contributed by atoms with E-state index < -0.39 is 6.10 Å². The van der Waals surface area contributed by atoms with Crippen LogP contribution in [0.1, 0.15) is 380 Å². The first-order valence-electron chi connectivity index (χ1n) is 35.8. The minimum absolute atomic E-state index is 0.0733. The molecule has 0 radical (unpaired) electrons. The summed E-state index contributed by atoms with van der Waals surface area (Å²) in [4.78, 5) is 38.5. The third-order valence-electron chi connectivity index (χ3n) is 16.0. The minimum Gasteiger partial charge on any atom is -0.462 e. The van der Waals surface area contributed by atoms with Gasteiger partial charge in [0.15, 0.2) is 6.10 Å². The predicted molar refractivity (Wildman–Crippen MR) is 353 cm³/mol. The van der Waals surface area contributed by atoms with Crippen LogP contribution in [0.15, 0.2) is 60.8 Å². The summed E-state index contributed by atoms with van der Waals surface area (Å²) in [6.07, 6.45) is 89.5. The van der Waals surface area contributed by atoms with Gasteiger partial charge in [-0.1, -0.05) is 332 Å². The molecule has 0 fully saturated rings. The maximum atomic E-state index is 13.0. The summed E-state index contributed by atoms with van der Waals surface area (Å²) in [5, 5.41) is 0. The van der Waals surface area contributed by atoms with Gasteiger partial charge in [-0.15, -0.1) is 0 Å². The molecule has 81 heavy (non-hydrogen) atoms. The van der Waals surface area contributed by atoms with Gasteiger partial charge in [-0.25, -0.2) is 0 Å². The van der Waals surface area contributed by atoms with Crippen LogP contribution in [0.3, 0.4) is 0 Å². The van der Waals surface area contributed by atoms with E-state index in [9.17, 15) is 14.4 Å². The molecule has 6 heteroatoms. The van der Waals surface area contributed by atoms with Gasteiger partial charge in [0.25, 0.3) is 0 Å². The molecule has 0 aromatic rings. The molecule has 0 aliphatic heterocycles. The van der Waals surface area contributed by atoms with E-state index in [1.54, 1.807) is 0 Å². The van der Waals surface area contributed by atoms with Gasteiger partial charge in [-0.05, 0) is 89.9 Å². The lowest BCUT2D eigenvalue weighted by Gasteiger charge is -2.18. The fourth-order valence-electron chi connectivity index (χ4n) is 10.6. The largest absolute Gasteiger partial charge is 0.462 e. The van der Waals surface area contributed by atoms with Crippen molar-refractivity contribution in [3.8, 4) is 0 Å². The third-order valence-corrected chi connectivity index (χ3v) is 16.0. The zero-order valence-corrected chi connectivity index (χ0v) is 54.3. The molecule has 472 valence electrons. The van der Waals surface area contributed by atoms with Crippen molar-refractivity contribution in [2.45, 2.75) is 386 Å². The van der Waals surface area contributed by atoms with Crippen molar-refractivity contribution in [3.63, 3.8) is 0 Å². The van der Waals surface area contributed by atoms with E-state index in [-0.39, 0.29) is 31.1 Å². The quantitative estimate of drug-likeness (QED) is 0.0261. The molecule has 6 nitrogen and oxygen atoms in total. The van der Waals surface area contributed by atoms with Gasteiger partial charge in [0.2, 0.25) is 0 Å². The molecule has 0 aliphatic rings. The maximum Gasteiger partial charge on any atom is 0.306 e. The highest BCUT2D eigenvalue weighted by atomic mass is 16.6. The SMILES string of the molecule is CCCCCCC/C=C\C/C=C\C/C=C\CCCCCCCCCCC(=O)OCC(COC(=O)CCCCCCCCCCCCCCCCCCC)OC(=O)CCCCCCCCCCCCC/C=C\C/C=C\CCCCCCC. The summed E-state index contributed by atoms with van der Waals surface area (Å²) in [5.41, 5.74) is 0. The molecule has 0 saturated carbocycles. The number of unbranched alkanes of at least 4 members (excludes halogenated alkanes) is 45. The number of carbonyl (C=O) groups is 3. The second kappa shape index (κ2) is 69.6. The van der Waals surface area contributed by atoms with Crippen molar-refractivity contribution < 1.29 is 28.6 Å². The summed E-state index contributed by atoms with van der Waals surface area (Å²) < 4.78 is 17.0. The number of hydrogen-bond donors (Lipinski definition) is 0. The molecule has 0 aliphatic carbocycles. The summed E-state index contributed by atoms with van der Waals surface area (Å²) >= 11 is 0. The van der Waals surface area contributed by atoms with Crippen LogP contribution in [-0.2, 0) is 28.6 Å². The monoisotopic (exact) mass is 1130 g/mol. The van der Waals surface area contributed by atoms with Crippen LogP contribution < -0.4 is 0 Å². The first kappa shape index (κ1) is 78.1. The number of esters is 3. The Morgan fingerprint density at radius 2 is 0.444 bits per heavy atom. The molecule has 0 aromatic carbocycles. The summed E-state index contributed by atoms with van der Waals surface area (Å²) in [6.45, 7) is 6.68. The fraction of sp³-hybridized carbons (Fsp3) is 0.827. The molecule has 0 heterocycles. The van der Waals surface area contributed by atoms with Gasteiger partial charge in [0.05, 0.1) is 0 Å². The Hall–Kier alpha value is -2.89. The highest BCUT2D eigenvalue weighted by Crippen LogP contribution is 2.18. The van der Waals surface area contributed by atoms with Crippen molar-refractivity contribution in [2.75, 3.05) is 13.2 Å². The first-order chi connectivity index (χ1) is 40.0. The Morgan fingerprint density at radius 3 is 0.691 bits per heavy atom. The van der Waals surface area contributed by atoms with Gasteiger partial charge >= 0.3 is 17.9 Å².